The lowest BCUT2D eigenvalue weighted by Crippen LogP contribution is -2.37. The van der Waals surface area contributed by atoms with Crippen LogP contribution in [0.2, 0.25) is 10.0 Å². The second-order valence-electron chi connectivity index (χ2n) is 9.44. The lowest BCUT2D eigenvalue weighted by Gasteiger charge is -2.26. The summed E-state index contributed by atoms with van der Waals surface area (Å²) in [4.78, 5) is 30.6. The highest BCUT2D eigenvalue weighted by Crippen LogP contribution is 2.39. The Bertz CT molecular complexity index is 1640. The van der Waals surface area contributed by atoms with Gasteiger partial charge in [-0.25, -0.2) is 13.2 Å². The number of likely N-dealkylation sites (tertiary alicyclic amines) is 1. The van der Waals surface area contributed by atoms with Gasteiger partial charge in [-0.15, -0.1) is 0 Å². The number of aromatic nitrogens is 2. The fourth-order valence-electron chi connectivity index (χ4n) is 5.02. The maximum Gasteiger partial charge on any atom is 0.416 e. The summed E-state index contributed by atoms with van der Waals surface area (Å²) >= 11 is 12.5. The van der Waals surface area contributed by atoms with E-state index in [-0.39, 0.29) is 49.9 Å². The van der Waals surface area contributed by atoms with Gasteiger partial charge < -0.3 is 10.3 Å². The van der Waals surface area contributed by atoms with Gasteiger partial charge in [0.2, 0.25) is 0 Å². The first-order valence-corrected chi connectivity index (χ1v) is 14.6. The molecule has 1 aliphatic rings. The van der Waals surface area contributed by atoms with Crippen LogP contribution >= 0.6 is 23.2 Å². The van der Waals surface area contributed by atoms with E-state index in [1.807, 2.05) is 4.90 Å². The molecule has 0 aliphatic carbocycles. The highest BCUT2D eigenvalue weighted by atomic mass is 35.5. The molecular formula is C25H27Cl2F3N4O4S. The van der Waals surface area contributed by atoms with Gasteiger partial charge in [-0.2, -0.15) is 13.2 Å². The summed E-state index contributed by atoms with van der Waals surface area (Å²) in [5, 5.41) is 2.41. The van der Waals surface area contributed by atoms with E-state index < -0.39 is 44.8 Å². The van der Waals surface area contributed by atoms with Crippen molar-refractivity contribution in [2.45, 2.75) is 50.0 Å². The molecule has 0 unspecified atom stereocenters. The number of H-pyrrole nitrogens is 1. The fraction of sp³-hybridized carbons (Fsp3) is 0.440. The highest BCUT2D eigenvalue weighted by molar-refractivity contribution is 7.91. The standard InChI is InChI=1S/C25H27Cl2F3N4O4S/c1-3-39(37,38)20-7-6-15(26)9-14(20)12-34-23(35)17-10-19(25(28,29)30)18(21(27)22(17)32-24(34)36)13-33-8-4-5-16(33)11-31-2/h6-7,9-10,16,31H,3-5,8,11-13H2,1-2H3,(H,32,36)/t16-/m0/s1. The van der Waals surface area contributed by atoms with Gasteiger partial charge in [0.1, 0.15) is 0 Å². The first kappa shape index (κ1) is 29.6. The van der Waals surface area contributed by atoms with E-state index in [4.69, 9.17) is 23.2 Å². The summed E-state index contributed by atoms with van der Waals surface area (Å²) in [6.45, 7) is 1.97. The van der Waals surface area contributed by atoms with Crippen molar-refractivity contribution in [3.05, 3.63) is 71.8 Å². The lowest BCUT2D eigenvalue weighted by atomic mass is 10.0. The van der Waals surface area contributed by atoms with Crippen molar-refractivity contribution in [3.8, 4) is 0 Å². The number of halogens is 5. The van der Waals surface area contributed by atoms with E-state index >= 15 is 0 Å². The van der Waals surface area contributed by atoms with Crippen LogP contribution in [0.1, 0.15) is 36.5 Å². The van der Waals surface area contributed by atoms with Crippen molar-refractivity contribution in [1.29, 1.82) is 0 Å². The van der Waals surface area contributed by atoms with E-state index in [1.54, 1.807) is 7.05 Å². The predicted molar refractivity (Wildman–Crippen MR) is 144 cm³/mol. The normalized spacial score (nSPS) is 16.8. The van der Waals surface area contributed by atoms with Gasteiger partial charge in [0.05, 0.1) is 38.7 Å². The minimum atomic E-state index is -4.83. The molecule has 0 amide bonds. The summed E-state index contributed by atoms with van der Waals surface area (Å²) in [6.07, 6.45) is -3.19. The third kappa shape index (κ3) is 5.90. The number of benzene rings is 2. The Morgan fingerprint density at radius 3 is 2.51 bits per heavy atom. The van der Waals surface area contributed by atoms with Crippen molar-refractivity contribution < 1.29 is 21.6 Å². The average molecular weight is 607 g/mol. The van der Waals surface area contributed by atoms with Crippen LogP contribution in [0.3, 0.4) is 0 Å². The Balaban J connectivity index is 1.89. The molecule has 39 heavy (non-hydrogen) atoms. The van der Waals surface area contributed by atoms with Gasteiger partial charge in [0.25, 0.3) is 5.56 Å². The maximum absolute atomic E-state index is 14.2. The Labute approximate surface area is 232 Å². The molecule has 1 fully saturated rings. The van der Waals surface area contributed by atoms with Crippen LogP contribution < -0.4 is 16.6 Å². The summed E-state index contributed by atoms with van der Waals surface area (Å²) in [5.41, 5.74) is -3.43. The Hall–Kier alpha value is -2.38. The SMILES string of the molecule is CCS(=O)(=O)c1ccc(Cl)cc1Cn1c(=O)[nH]c2c(Cl)c(CN3CCC[C@H]3CNC)c(C(F)(F)F)cc2c1=O. The zero-order valence-electron chi connectivity index (χ0n) is 21.2. The molecule has 2 N–H and O–H groups in total. The number of rotatable bonds is 8. The second-order valence-corrected chi connectivity index (χ2v) is 12.5. The smallest absolute Gasteiger partial charge is 0.318 e. The largest absolute Gasteiger partial charge is 0.416 e. The van der Waals surface area contributed by atoms with E-state index in [1.165, 1.54) is 25.1 Å². The number of hydrogen-bond donors (Lipinski definition) is 2. The molecule has 1 aliphatic heterocycles. The molecule has 14 heteroatoms. The van der Waals surface area contributed by atoms with Gasteiger partial charge in [0, 0.05) is 24.2 Å². The molecule has 1 atom stereocenters. The van der Waals surface area contributed by atoms with Crippen LogP contribution in [0.4, 0.5) is 13.2 Å². The van der Waals surface area contributed by atoms with E-state index in [2.05, 4.69) is 10.3 Å². The van der Waals surface area contributed by atoms with Gasteiger partial charge in [-0.05, 0) is 61.8 Å². The van der Waals surface area contributed by atoms with Crippen LogP contribution in [-0.2, 0) is 29.1 Å². The topological polar surface area (TPSA) is 104 Å². The number of alkyl halides is 3. The van der Waals surface area contributed by atoms with Crippen LogP contribution in [0.25, 0.3) is 10.9 Å². The second kappa shape index (κ2) is 11.2. The van der Waals surface area contributed by atoms with Crippen molar-refractivity contribution in [1.82, 2.24) is 19.8 Å². The summed E-state index contributed by atoms with van der Waals surface area (Å²) in [7, 11) is -1.99. The first-order valence-electron chi connectivity index (χ1n) is 12.2. The molecule has 8 nitrogen and oxygen atoms in total. The molecule has 3 aromatic rings. The molecule has 0 saturated carbocycles. The lowest BCUT2D eigenvalue weighted by molar-refractivity contribution is -0.138. The number of nitrogens with zero attached hydrogens (tertiary/aromatic N) is 2. The molecule has 1 saturated heterocycles. The molecule has 0 radical (unpaired) electrons. The number of sulfone groups is 1. The molecular weight excluding hydrogens is 580 g/mol. The molecule has 212 valence electrons. The third-order valence-electron chi connectivity index (χ3n) is 6.99. The number of aromatic amines is 1. The van der Waals surface area contributed by atoms with E-state index in [0.29, 0.717) is 23.7 Å². The molecule has 1 aromatic heterocycles. The Kier molecular flexibility index (Phi) is 8.53. The fourth-order valence-corrected chi connectivity index (χ4v) is 6.63. The Morgan fingerprint density at radius 1 is 1.15 bits per heavy atom. The molecule has 0 spiro atoms. The molecule has 0 bridgehead atoms. The summed E-state index contributed by atoms with van der Waals surface area (Å²) < 4.78 is 68.6. The molecule has 2 aromatic carbocycles. The Morgan fingerprint density at radius 2 is 1.87 bits per heavy atom. The quantitative estimate of drug-likeness (QED) is 0.401. The predicted octanol–water partition coefficient (Wildman–Crippen LogP) is 4.04. The third-order valence-corrected chi connectivity index (χ3v) is 9.47. The van der Waals surface area contributed by atoms with Crippen molar-refractivity contribution >= 4 is 43.9 Å². The van der Waals surface area contributed by atoms with Crippen molar-refractivity contribution in [3.63, 3.8) is 0 Å². The maximum atomic E-state index is 14.2. The number of fused-ring (bicyclic) bond motifs is 1. The minimum Gasteiger partial charge on any atom is -0.318 e. The van der Waals surface area contributed by atoms with Gasteiger partial charge in [-0.1, -0.05) is 30.1 Å². The van der Waals surface area contributed by atoms with E-state index in [9.17, 15) is 31.2 Å². The monoisotopic (exact) mass is 606 g/mol. The zero-order chi connectivity index (χ0) is 28.7. The number of likely N-dealkylation sites (N-methyl/N-ethyl adjacent to an activating group) is 1. The van der Waals surface area contributed by atoms with Crippen LogP contribution in [0, 0.1) is 0 Å². The van der Waals surface area contributed by atoms with Gasteiger partial charge >= 0.3 is 11.9 Å². The average Bonchev–Trinajstić information content (AvgIpc) is 3.29. The van der Waals surface area contributed by atoms with Gasteiger partial charge in [-0.3, -0.25) is 14.3 Å². The first-order chi connectivity index (χ1) is 18.3. The van der Waals surface area contributed by atoms with Crippen molar-refractivity contribution in [2.75, 3.05) is 25.9 Å². The zero-order valence-corrected chi connectivity index (χ0v) is 23.5. The number of nitrogens with one attached hydrogen (secondary N) is 2. The summed E-state index contributed by atoms with van der Waals surface area (Å²) in [5.74, 6) is -0.246. The van der Waals surface area contributed by atoms with E-state index in [0.717, 1.165) is 12.8 Å². The van der Waals surface area contributed by atoms with Crippen LogP contribution in [-0.4, -0.2) is 54.8 Å². The molecule has 2 heterocycles. The van der Waals surface area contributed by atoms with Crippen LogP contribution in [0.15, 0.2) is 38.8 Å². The minimum absolute atomic E-state index is 0.0150. The number of hydrogen-bond acceptors (Lipinski definition) is 6. The summed E-state index contributed by atoms with van der Waals surface area (Å²) in [6, 6.07) is 4.65. The van der Waals surface area contributed by atoms with Crippen molar-refractivity contribution in [2.24, 2.45) is 0 Å². The highest BCUT2D eigenvalue weighted by Gasteiger charge is 2.37. The van der Waals surface area contributed by atoms with Crippen LogP contribution in [0.5, 0.6) is 0 Å². The van der Waals surface area contributed by atoms with Gasteiger partial charge in [0.15, 0.2) is 9.84 Å². The molecule has 4 rings (SSSR count).